The molecule has 0 atom stereocenters. The minimum Gasteiger partial charge on any atom is -0.345 e. The van der Waals surface area contributed by atoms with Crippen LogP contribution in [0, 0.1) is 12.3 Å². The summed E-state index contributed by atoms with van der Waals surface area (Å²) in [5.41, 5.74) is 0. The number of hydrogen-bond acceptors (Lipinski definition) is 3. The van der Waals surface area contributed by atoms with Crippen LogP contribution < -0.4 is 10.6 Å². The molecule has 0 bridgehead atoms. The highest BCUT2D eigenvalue weighted by Crippen LogP contribution is 2.16. The Labute approximate surface area is 108 Å². The van der Waals surface area contributed by atoms with Gasteiger partial charge in [-0.25, -0.2) is 0 Å². The Balaban J connectivity index is 0.00000225. The molecule has 1 rings (SSSR count). The molecule has 2 N–H and O–H groups in total. The number of halogens is 1. The zero-order chi connectivity index (χ0) is 10.9. The van der Waals surface area contributed by atoms with Gasteiger partial charge in [0.25, 0.3) is 0 Å². The first kappa shape index (κ1) is 15.6. The number of amides is 1. The smallest absolute Gasteiger partial charge is 0.222 e. The molecule has 0 radical (unpaired) electrons. The summed E-state index contributed by atoms with van der Waals surface area (Å²) in [5.74, 6) is 4.89. The van der Waals surface area contributed by atoms with Crippen molar-refractivity contribution in [3.05, 3.63) is 0 Å². The maximum absolute atomic E-state index is 11.2. The lowest BCUT2D eigenvalue weighted by atomic mass is 10.1. The molecule has 1 aliphatic rings. The van der Waals surface area contributed by atoms with Gasteiger partial charge in [-0.2, -0.15) is 11.8 Å². The maximum atomic E-state index is 11.2. The highest BCUT2D eigenvalue weighted by atomic mass is 35.5. The monoisotopic (exact) mass is 262 g/mol. The van der Waals surface area contributed by atoms with Crippen LogP contribution in [0.3, 0.4) is 0 Å². The maximum Gasteiger partial charge on any atom is 0.222 e. The van der Waals surface area contributed by atoms with Crippen LogP contribution in [0.2, 0.25) is 0 Å². The Morgan fingerprint density at radius 3 is 2.75 bits per heavy atom. The largest absolute Gasteiger partial charge is 0.345 e. The van der Waals surface area contributed by atoms with Crippen LogP contribution in [-0.2, 0) is 4.79 Å². The van der Waals surface area contributed by atoms with E-state index in [0.29, 0.717) is 19.0 Å². The van der Waals surface area contributed by atoms with Crippen LogP contribution >= 0.6 is 24.2 Å². The van der Waals surface area contributed by atoms with E-state index in [1.54, 1.807) is 0 Å². The van der Waals surface area contributed by atoms with Crippen LogP contribution in [0.1, 0.15) is 19.3 Å². The van der Waals surface area contributed by atoms with Crippen molar-refractivity contribution in [2.24, 2.45) is 0 Å². The van der Waals surface area contributed by atoms with Gasteiger partial charge in [-0.3, -0.25) is 4.79 Å². The van der Waals surface area contributed by atoms with Crippen molar-refractivity contribution in [1.82, 2.24) is 10.6 Å². The van der Waals surface area contributed by atoms with Gasteiger partial charge in [0, 0.05) is 19.0 Å². The lowest BCUT2D eigenvalue weighted by Crippen LogP contribution is -2.35. The van der Waals surface area contributed by atoms with E-state index in [0.717, 1.165) is 6.54 Å². The first-order valence-corrected chi connectivity index (χ1v) is 6.49. The van der Waals surface area contributed by atoms with Gasteiger partial charge >= 0.3 is 0 Å². The molecule has 3 nitrogen and oxygen atoms in total. The highest BCUT2D eigenvalue weighted by Gasteiger charge is 2.12. The zero-order valence-corrected chi connectivity index (χ0v) is 11.0. The number of thioether (sulfide) groups is 1. The number of terminal acetylenes is 1. The van der Waals surface area contributed by atoms with Crippen molar-refractivity contribution in [2.45, 2.75) is 25.3 Å². The normalized spacial score (nSPS) is 15.9. The van der Waals surface area contributed by atoms with E-state index < -0.39 is 0 Å². The van der Waals surface area contributed by atoms with Gasteiger partial charge in [0.15, 0.2) is 0 Å². The molecule has 0 saturated carbocycles. The lowest BCUT2D eigenvalue weighted by Gasteiger charge is -2.22. The fourth-order valence-electron chi connectivity index (χ4n) is 1.53. The summed E-state index contributed by atoms with van der Waals surface area (Å²) in [5, 5.41) is 6.05. The third kappa shape index (κ3) is 7.00. The number of rotatable bonds is 5. The third-order valence-electron chi connectivity index (χ3n) is 2.39. The first-order valence-electron chi connectivity index (χ1n) is 5.34. The van der Waals surface area contributed by atoms with E-state index in [1.807, 2.05) is 11.8 Å². The van der Waals surface area contributed by atoms with Crippen LogP contribution in [0.5, 0.6) is 0 Å². The fourth-order valence-corrected chi connectivity index (χ4v) is 2.64. The Morgan fingerprint density at radius 2 is 2.12 bits per heavy atom. The van der Waals surface area contributed by atoms with Gasteiger partial charge in [-0.15, -0.1) is 18.8 Å². The van der Waals surface area contributed by atoms with Crippen LogP contribution in [0.15, 0.2) is 0 Å². The van der Waals surface area contributed by atoms with Gasteiger partial charge in [-0.1, -0.05) is 5.92 Å². The molecule has 1 heterocycles. The Bertz CT molecular complexity index is 237. The fraction of sp³-hybridized carbons (Fsp3) is 0.727. The SMILES string of the molecule is C#CCNC(=O)CCNC1CCSCC1.Cl. The standard InChI is InChI=1S/C11H18N2OS.ClH/c1-2-6-13-11(14)3-7-12-10-4-8-15-9-5-10;/h1,10,12H,3-9H2,(H,13,14);1H. The Hall–Kier alpha value is -0.370. The van der Waals surface area contributed by atoms with E-state index >= 15 is 0 Å². The van der Waals surface area contributed by atoms with Crippen LogP contribution in [0.25, 0.3) is 0 Å². The summed E-state index contributed by atoms with van der Waals surface area (Å²) in [6, 6.07) is 0.603. The second-order valence-corrected chi connectivity index (χ2v) is 4.80. The van der Waals surface area contributed by atoms with E-state index in [-0.39, 0.29) is 18.3 Å². The van der Waals surface area contributed by atoms with Gasteiger partial charge in [0.05, 0.1) is 6.54 Å². The molecule has 1 fully saturated rings. The van der Waals surface area contributed by atoms with Crippen molar-refractivity contribution in [2.75, 3.05) is 24.6 Å². The summed E-state index contributed by atoms with van der Waals surface area (Å²) in [6.07, 6.45) is 8.00. The van der Waals surface area contributed by atoms with Crippen molar-refractivity contribution in [1.29, 1.82) is 0 Å². The van der Waals surface area contributed by atoms with Crippen molar-refractivity contribution >= 4 is 30.1 Å². The third-order valence-corrected chi connectivity index (χ3v) is 3.44. The predicted octanol–water partition coefficient (Wildman–Crippen LogP) is 1.03. The average Bonchev–Trinajstić information content (AvgIpc) is 2.28. The summed E-state index contributed by atoms with van der Waals surface area (Å²) in [6.45, 7) is 1.09. The molecule has 5 heteroatoms. The second-order valence-electron chi connectivity index (χ2n) is 3.57. The number of carbonyl (C=O) groups is 1. The number of carbonyl (C=O) groups excluding carboxylic acids is 1. The van der Waals surface area contributed by atoms with Gasteiger partial charge in [-0.05, 0) is 24.3 Å². The molecule has 1 saturated heterocycles. The number of hydrogen-bond donors (Lipinski definition) is 2. The van der Waals surface area contributed by atoms with Crippen LogP contribution in [0.4, 0.5) is 0 Å². The van der Waals surface area contributed by atoms with Crippen molar-refractivity contribution in [3.8, 4) is 12.3 Å². The van der Waals surface area contributed by atoms with Crippen molar-refractivity contribution < 1.29 is 4.79 Å². The summed E-state index contributed by atoms with van der Waals surface area (Å²) < 4.78 is 0. The molecule has 1 aliphatic heterocycles. The van der Waals surface area contributed by atoms with Gasteiger partial charge in [0.1, 0.15) is 0 Å². The molecule has 0 unspecified atom stereocenters. The van der Waals surface area contributed by atoms with E-state index in [1.165, 1.54) is 24.3 Å². The molecular formula is C11H19ClN2OS. The molecule has 0 aliphatic carbocycles. The number of nitrogens with one attached hydrogen (secondary N) is 2. The Kier molecular flexibility index (Phi) is 9.60. The minimum atomic E-state index is 0. The molecular weight excluding hydrogens is 244 g/mol. The topological polar surface area (TPSA) is 41.1 Å². The van der Waals surface area contributed by atoms with E-state index in [2.05, 4.69) is 16.6 Å². The predicted molar refractivity (Wildman–Crippen MR) is 72.1 cm³/mol. The zero-order valence-electron chi connectivity index (χ0n) is 9.33. The van der Waals surface area contributed by atoms with Crippen molar-refractivity contribution in [3.63, 3.8) is 0 Å². The minimum absolute atomic E-state index is 0. The van der Waals surface area contributed by atoms with Gasteiger partial charge in [0.2, 0.25) is 5.91 Å². The molecule has 16 heavy (non-hydrogen) atoms. The molecule has 1 amide bonds. The average molecular weight is 263 g/mol. The Morgan fingerprint density at radius 1 is 1.44 bits per heavy atom. The van der Waals surface area contributed by atoms with Gasteiger partial charge < -0.3 is 10.6 Å². The lowest BCUT2D eigenvalue weighted by molar-refractivity contribution is -0.120. The summed E-state index contributed by atoms with van der Waals surface area (Å²) in [4.78, 5) is 11.2. The molecule has 92 valence electrons. The summed E-state index contributed by atoms with van der Waals surface area (Å²) in [7, 11) is 0. The quantitative estimate of drug-likeness (QED) is 0.728. The van der Waals surface area contributed by atoms with E-state index in [4.69, 9.17) is 6.42 Å². The molecule has 0 spiro atoms. The second kappa shape index (κ2) is 9.83. The molecule has 0 aromatic carbocycles. The molecule has 0 aromatic heterocycles. The highest BCUT2D eigenvalue weighted by molar-refractivity contribution is 7.99. The first-order chi connectivity index (χ1) is 7.33. The summed E-state index contributed by atoms with van der Waals surface area (Å²) >= 11 is 2.01. The van der Waals surface area contributed by atoms with Crippen LogP contribution in [-0.4, -0.2) is 36.5 Å². The van der Waals surface area contributed by atoms with E-state index in [9.17, 15) is 4.79 Å². The molecule has 0 aromatic rings.